The fourth-order valence-corrected chi connectivity index (χ4v) is 7.70. The average molecular weight is 641 g/mol. The monoisotopic (exact) mass is 640 g/mol. The van der Waals surface area contributed by atoms with Gasteiger partial charge in [0, 0.05) is 34.1 Å². The van der Waals surface area contributed by atoms with Crippen molar-refractivity contribution in [1.29, 1.82) is 0 Å². The number of anilines is 6. The number of aryl methyl sites for hydroxylation is 2. The van der Waals surface area contributed by atoms with Crippen LogP contribution in [0.25, 0.3) is 11.1 Å². The highest BCUT2D eigenvalue weighted by atomic mass is 15.2. The molecule has 0 saturated carbocycles. The number of fused-ring (bicyclic) bond motifs is 1. The molecule has 6 aromatic carbocycles. The van der Waals surface area contributed by atoms with E-state index in [1.807, 2.05) is 0 Å². The van der Waals surface area contributed by atoms with E-state index < -0.39 is 0 Å². The lowest BCUT2D eigenvalue weighted by molar-refractivity contribution is 0.125. The molecule has 0 aromatic heterocycles. The van der Waals surface area contributed by atoms with Crippen LogP contribution in [0, 0.1) is 19.3 Å². The lowest BCUT2D eigenvalue weighted by Crippen LogP contribution is -2.42. The van der Waals surface area contributed by atoms with Crippen molar-refractivity contribution in [2.24, 2.45) is 5.41 Å². The Kier molecular flexibility index (Phi) is 8.02. The van der Waals surface area contributed by atoms with Gasteiger partial charge in [-0.3, -0.25) is 0 Å². The van der Waals surface area contributed by atoms with Gasteiger partial charge in [-0.25, -0.2) is 0 Å². The van der Waals surface area contributed by atoms with E-state index >= 15 is 0 Å². The van der Waals surface area contributed by atoms with E-state index in [0.29, 0.717) is 0 Å². The smallest absolute Gasteiger partial charge is 0.0488 e. The number of hydrogen-bond acceptors (Lipinski definition) is 2. The summed E-state index contributed by atoms with van der Waals surface area (Å²) in [6.45, 7) is 18.8. The van der Waals surface area contributed by atoms with Gasteiger partial charge in [0.05, 0.1) is 0 Å². The van der Waals surface area contributed by atoms with Crippen LogP contribution >= 0.6 is 0 Å². The summed E-state index contributed by atoms with van der Waals surface area (Å²) < 4.78 is 0. The maximum Gasteiger partial charge on any atom is 0.0488 e. The lowest BCUT2D eigenvalue weighted by Gasteiger charge is -2.44. The standard InChI is InChI=1S/C47H48N2/c1-33-19-24-39(25-20-33)49(40-26-21-34(2)22-27-40)42-30-36(35-23-28-43-44(31-35)46(5,6)47(7,8)45(43,3)4)29-41(32-42)48(37-15-11-9-12-16-37)38-17-13-10-14-18-38/h9-32H,1-8H3. The van der Waals surface area contributed by atoms with Gasteiger partial charge in [0.15, 0.2) is 0 Å². The Morgan fingerprint density at radius 2 is 0.755 bits per heavy atom. The van der Waals surface area contributed by atoms with Gasteiger partial charge in [-0.15, -0.1) is 0 Å². The van der Waals surface area contributed by atoms with E-state index in [-0.39, 0.29) is 16.2 Å². The Hall–Kier alpha value is -5.08. The zero-order valence-corrected chi connectivity index (χ0v) is 30.3. The van der Waals surface area contributed by atoms with Gasteiger partial charge >= 0.3 is 0 Å². The molecule has 1 aliphatic carbocycles. The molecule has 0 unspecified atom stereocenters. The molecule has 49 heavy (non-hydrogen) atoms. The molecule has 7 rings (SSSR count). The highest BCUT2D eigenvalue weighted by Gasteiger charge is 2.56. The number of hydrogen-bond donors (Lipinski definition) is 0. The maximum absolute atomic E-state index is 2.48. The Balaban J connectivity index is 1.50. The quantitative estimate of drug-likeness (QED) is 0.171. The number of para-hydroxylation sites is 2. The summed E-state index contributed by atoms with van der Waals surface area (Å²) >= 11 is 0. The Labute approximate surface area is 293 Å². The second-order valence-electron chi connectivity index (χ2n) is 15.4. The first-order chi connectivity index (χ1) is 23.4. The highest BCUT2D eigenvalue weighted by Crippen LogP contribution is 2.62. The van der Waals surface area contributed by atoms with E-state index in [4.69, 9.17) is 0 Å². The Morgan fingerprint density at radius 3 is 1.20 bits per heavy atom. The van der Waals surface area contributed by atoms with Gasteiger partial charge in [0.2, 0.25) is 0 Å². The van der Waals surface area contributed by atoms with Crippen LogP contribution < -0.4 is 9.80 Å². The Bertz CT molecular complexity index is 2000. The second-order valence-corrected chi connectivity index (χ2v) is 15.4. The summed E-state index contributed by atoms with van der Waals surface area (Å²) in [5.41, 5.74) is 14.7. The van der Waals surface area contributed by atoms with Crippen molar-refractivity contribution >= 4 is 34.1 Å². The largest absolute Gasteiger partial charge is 0.310 e. The van der Waals surface area contributed by atoms with E-state index in [9.17, 15) is 0 Å². The van der Waals surface area contributed by atoms with Crippen LogP contribution in [0.5, 0.6) is 0 Å². The van der Waals surface area contributed by atoms with Crippen LogP contribution in [-0.4, -0.2) is 0 Å². The molecule has 6 aromatic rings. The van der Waals surface area contributed by atoms with Gasteiger partial charge in [-0.2, -0.15) is 0 Å². The zero-order valence-electron chi connectivity index (χ0n) is 30.3. The van der Waals surface area contributed by atoms with Crippen LogP contribution in [0.4, 0.5) is 34.1 Å². The SMILES string of the molecule is Cc1ccc(N(c2ccc(C)cc2)c2cc(-c3ccc4c(c3)C(C)(C)C(C)(C)C4(C)C)cc(N(c3ccccc3)c3ccccc3)c2)cc1. The maximum atomic E-state index is 2.48. The van der Waals surface area contributed by atoms with Gasteiger partial charge in [0.1, 0.15) is 0 Å². The van der Waals surface area contributed by atoms with Gasteiger partial charge in [-0.1, -0.05) is 132 Å². The van der Waals surface area contributed by atoms with Crippen LogP contribution in [0.15, 0.2) is 146 Å². The average Bonchev–Trinajstić information content (AvgIpc) is 3.20. The van der Waals surface area contributed by atoms with E-state index in [0.717, 1.165) is 34.1 Å². The van der Waals surface area contributed by atoms with Crippen LogP contribution in [0.1, 0.15) is 63.8 Å². The summed E-state index contributed by atoms with van der Waals surface area (Å²) in [6, 6.07) is 53.5. The molecule has 0 radical (unpaired) electrons. The van der Waals surface area contributed by atoms with Crippen LogP contribution in [-0.2, 0) is 10.8 Å². The van der Waals surface area contributed by atoms with Gasteiger partial charge in [-0.05, 0) is 119 Å². The molecule has 0 heterocycles. The summed E-state index contributed by atoms with van der Waals surface area (Å²) in [4.78, 5) is 4.77. The van der Waals surface area contributed by atoms with E-state index in [1.54, 1.807) is 0 Å². The predicted octanol–water partition coefficient (Wildman–Crippen LogP) is 13.5. The third kappa shape index (κ3) is 5.54. The van der Waals surface area contributed by atoms with Crippen LogP contribution in [0.2, 0.25) is 0 Å². The van der Waals surface area contributed by atoms with Gasteiger partial charge < -0.3 is 9.80 Å². The van der Waals surface area contributed by atoms with Crippen molar-refractivity contribution in [3.05, 3.63) is 168 Å². The normalized spacial score (nSPS) is 15.4. The molecule has 2 nitrogen and oxygen atoms in total. The van der Waals surface area contributed by atoms with Crippen molar-refractivity contribution in [3.8, 4) is 11.1 Å². The molecule has 2 heteroatoms. The minimum absolute atomic E-state index is 0.0121. The van der Waals surface area contributed by atoms with Crippen molar-refractivity contribution in [2.75, 3.05) is 9.80 Å². The summed E-state index contributed by atoms with van der Waals surface area (Å²) in [5.74, 6) is 0. The molecule has 1 aliphatic rings. The topological polar surface area (TPSA) is 6.48 Å². The zero-order chi connectivity index (χ0) is 34.6. The molecule has 0 bridgehead atoms. The molecular weight excluding hydrogens is 593 g/mol. The molecule has 0 N–H and O–H groups in total. The molecule has 0 atom stereocenters. The van der Waals surface area contributed by atoms with Crippen molar-refractivity contribution in [1.82, 2.24) is 0 Å². The lowest BCUT2D eigenvalue weighted by atomic mass is 9.59. The number of nitrogens with zero attached hydrogens (tertiary/aromatic N) is 2. The first-order valence-electron chi connectivity index (χ1n) is 17.5. The summed E-state index contributed by atoms with van der Waals surface area (Å²) in [5, 5.41) is 0. The Morgan fingerprint density at radius 1 is 0.347 bits per heavy atom. The molecule has 0 amide bonds. The highest BCUT2D eigenvalue weighted by molar-refractivity contribution is 5.87. The number of rotatable bonds is 7. The van der Waals surface area contributed by atoms with E-state index in [1.165, 1.54) is 33.4 Å². The minimum atomic E-state index is 0.0121. The first-order valence-corrected chi connectivity index (χ1v) is 17.5. The molecule has 0 fully saturated rings. The molecule has 0 saturated heterocycles. The van der Waals surface area contributed by atoms with E-state index in [2.05, 4.69) is 211 Å². The van der Waals surface area contributed by atoms with Crippen molar-refractivity contribution in [2.45, 2.75) is 66.2 Å². The number of benzene rings is 6. The third-order valence-corrected chi connectivity index (χ3v) is 11.9. The molecular formula is C47H48N2. The van der Waals surface area contributed by atoms with Crippen LogP contribution in [0.3, 0.4) is 0 Å². The fraction of sp³-hybridized carbons (Fsp3) is 0.234. The predicted molar refractivity (Wildman–Crippen MR) is 211 cm³/mol. The fourth-order valence-electron chi connectivity index (χ4n) is 7.70. The summed E-state index contributed by atoms with van der Waals surface area (Å²) in [7, 11) is 0. The molecule has 246 valence electrons. The van der Waals surface area contributed by atoms with Crippen molar-refractivity contribution in [3.63, 3.8) is 0 Å². The second kappa shape index (κ2) is 12.1. The molecule has 0 aliphatic heterocycles. The molecule has 0 spiro atoms. The minimum Gasteiger partial charge on any atom is -0.310 e. The van der Waals surface area contributed by atoms with Gasteiger partial charge in [0.25, 0.3) is 0 Å². The van der Waals surface area contributed by atoms with Crippen molar-refractivity contribution < 1.29 is 0 Å². The first kappa shape index (κ1) is 32.5. The summed E-state index contributed by atoms with van der Waals surface area (Å²) in [6.07, 6.45) is 0. The third-order valence-electron chi connectivity index (χ3n) is 11.9.